The lowest BCUT2D eigenvalue weighted by Gasteiger charge is -2.24. The number of nitrogens with zero attached hydrogens (tertiary/aromatic N) is 1. The van der Waals surface area contributed by atoms with E-state index in [-0.39, 0.29) is 5.41 Å². The minimum atomic E-state index is 0.0987. The fourth-order valence-electron chi connectivity index (χ4n) is 1.59. The van der Waals surface area contributed by atoms with Gasteiger partial charge < -0.3 is 10.4 Å². The molecule has 0 aliphatic rings. The van der Waals surface area contributed by atoms with E-state index in [2.05, 4.69) is 25.2 Å². The van der Waals surface area contributed by atoms with Gasteiger partial charge in [0.1, 0.15) is 5.75 Å². The number of rotatable bonds is 5. The first-order valence-corrected chi connectivity index (χ1v) is 5.85. The second-order valence-electron chi connectivity index (χ2n) is 5.18. The molecule has 0 saturated carbocycles. The summed E-state index contributed by atoms with van der Waals surface area (Å²) < 4.78 is 0. The summed E-state index contributed by atoms with van der Waals surface area (Å²) >= 11 is 0. The first-order valence-electron chi connectivity index (χ1n) is 5.85. The standard InChI is InChI=1S/C14H20N2O/c1-11-9-12(5-6-13(11)17)16-10-14(2,3)7-4-8-15/h5-6,9,16-17H,4,7,10H2,1-3H3. The van der Waals surface area contributed by atoms with Crippen molar-refractivity contribution in [3.63, 3.8) is 0 Å². The van der Waals surface area contributed by atoms with Crippen LogP contribution in [0.2, 0.25) is 0 Å². The number of phenols is 1. The molecule has 1 aromatic carbocycles. The molecule has 2 N–H and O–H groups in total. The lowest BCUT2D eigenvalue weighted by molar-refractivity contribution is 0.364. The van der Waals surface area contributed by atoms with Gasteiger partial charge in [-0.2, -0.15) is 5.26 Å². The smallest absolute Gasteiger partial charge is 0.118 e. The topological polar surface area (TPSA) is 56.0 Å². The number of aromatic hydroxyl groups is 1. The summed E-state index contributed by atoms with van der Waals surface area (Å²) in [5, 5.41) is 21.3. The molecule has 0 aromatic heterocycles. The molecule has 3 nitrogen and oxygen atoms in total. The van der Waals surface area contributed by atoms with Crippen LogP contribution in [0.25, 0.3) is 0 Å². The van der Waals surface area contributed by atoms with Gasteiger partial charge >= 0.3 is 0 Å². The molecule has 0 spiro atoms. The third-order valence-corrected chi connectivity index (χ3v) is 2.88. The lowest BCUT2D eigenvalue weighted by Crippen LogP contribution is -2.22. The molecule has 0 radical (unpaired) electrons. The van der Waals surface area contributed by atoms with E-state index in [1.54, 1.807) is 6.07 Å². The van der Waals surface area contributed by atoms with E-state index >= 15 is 0 Å². The zero-order valence-corrected chi connectivity index (χ0v) is 10.7. The molecule has 0 aliphatic heterocycles. The van der Waals surface area contributed by atoms with Gasteiger partial charge in [0.25, 0.3) is 0 Å². The van der Waals surface area contributed by atoms with Crippen molar-refractivity contribution in [2.24, 2.45) is 5.41 Å². The van der Waals surface area contributed by atoms with Gasteiger partial charge in [-0.05, 0) is 42.5 Å². The molecule has 1 rings (SSSR count). The molecule has 3 heteroatoms. The van der Waals surface area contributed by atoms with Crippen LogP contribution in [0.3, 0.4) is 0 Å². The summed E-state index contributed by atoms with van der Waals surface area (Å²) in [5.41, 5.74) is 1.97. The van der Waals surface area contributed by atoms with E-state index in [0.717, 1.165) is 24.2 Å². The molecule has 0 fully saturated rings. The van der Waals surface area contributed by atoms with E-state index in [1.165, 1.54) is 0 Å². The largest absolute Gasteiger partial charge is 0.508 e. The summed E-state index contributed by atoms with van der Waals surface area (Å²) in [5.74, 6) is 0.319. The Balaban J connectivity index is 2.55. The first kappa shape index (κ1) is 13.4. The maximum absolute atomic E-state index is 9.42. The van der Waals surface area contributed by atoms with Crippen molar-refractivity contribution in [1.82, 2.24) is 0 Å². The molecule has 0 atom stereocenters. The molecule has 17 heavy (non-hydrogen) atoms. The van der Waals surface area contributed by atoms with Crippen LogP contribution in [-0.4, -0.2) is 11.7 Å². The number of aryl methyl sites for hydroxylation is 1. The van der Waals surface area contributed by atoms with Crippen LogP contribution in [0.1, 0.15) is 32.3 Å². The Hall–Kier alpha value is -1.69. The quantitative estimate of drug-likeness (QED) is 0.764. The molecular weight excluding hydrogens is 212 g/mol. The summed E-state index contributed by atoms with van der Waals surface area (Å²) in [6.45, 7) is 6.98. The van der Waals surface area contributed by atoms with Gasteiger partial charge in [-0.3, -0.25) is 0 Å². The monoisotopic (exact) mass is 232 g/mol. The summed E-state index contributed by atoms with van der Waals surface area (Å²) in [6, 6.07) is 7.66. The third-order valence-electron chi connectivity index (χ3n) is 2.88. The number of anilines is 1. The molecule has 0 aliphatic carbocycles. The Bertz CT molecular complexity index is 419. The second kappa shape index (κ2) is 5.58. The number of nitrogens with one attached hydrogen (secondary N) is 1. The van der Waals surface area contributed by atoms with Gasteiger partial charge in [0.15, 0.2) is 0 Å². The molecule has 0 amide bonds. The van der Waals surface area contributed by atoms with Gasteiger partial charge in [0.2, 0.25) is 0 Å². The predicted octanol–water partition coefficient (Wildman–Crippen LogP) is 3.44. The van der Waals surface area contributed by atoms with Crippen molar-refractivity contribution in [2.45, 2.75) is 33.6 Å². The molecule has 0 heterocycles. The van der Waals surface area contributed by atoms with Crippen molar-refractivity contribution < 1.29 is 5.11 Å². The highest BCUT2D eigenvalue weighted by molar-refractivity contribution is 5.50. The van der Waals surface area contributed by atoms with Crippen LogP contribution in [0.15, 0.2) is 18.2 Å². The minimum absolute atomic E-state index is 0.0987. The maximum Gasteiger partial charge on any atom is 0.118 e. The number of benzene rings is 1. The van der Waals surface area contributed by atoms with Crippen LogP contribution < -0.4 is 5.32 Å². The normalized spacial score (nSPS) is 10.9. The Kier molecular flexibility index (Phi) is 4.39. The van der Waals surface area contributed by atoms with Crippen molar-refractivity contribution in [2.75, 3.05) is 11.9 Å². The van der Waals surface area contributed by atoms with E-state index < -0.39 is 0 Å². The van der Waals surface area contributed by atoms with Crippen LogP contribution >= 0.6 is 0 Å². The highest BCUT2D eigenvalue weighted by Gasteiger charge is 2.16. The van der Waals surface area contributed by atoms with Crippen LogP contribution in [0.5, 0.6) is 5.75 Å². The Labute approximate surface area is 103 Å². The summed E-state index contributed by atoms with van der Waals surface area (Å²) in [4.78, 5) is 0. The second-order valence-corrected chi connectivity index (χ2v) is 5.18. The van der Waals surface area contributed by atoms with Gasteiger partial charge in [-0.1, -0.05) is 13.8 Å². The molecule has 0 unspecified atom stereocenters. The average molecular weight is 232 g/mol. The van der Waals surface area contributed by atoms with E-state index in [4.69, 9.17) is 5.26 Å². The predicted molar refractivity (Wildman–Crippen MR) is 70.0 cm³/mol. The van der Waals surface area contributed by atoms with Crippen LogP contribution in [0.4, 0.5) is 5.69 Å². The molecule has 0 saturated heterocycles. The van der Waals surface area contributed by atoms with Gasteiger partial charge in [0, 0.05) is 18.7 Å². The van der Waals surface area contributed by atoms with Crippen molar-refractivity contribution >= 4 is 5.69 Å². The average Bonchev–Trinajstić information content (AvgIpc) is 2.28. The molecular formula is C14H20N2O. The summed E-state index contributed by atoms with van der Waals surface area (Å²) in [7, 11) is 0. The fraction of sp³-hybridized carbons (Fsp3) is 0.500. The highest BCUT2D eigenvalue weighted by Crippen LogP contribution is 2.25. The van der Waals surface area contributed by atoms with Crippen LogP contribution in [-0.2, 0) is 0 Å². The lowest BCUT2D eigenvalue weighted by atomic mass is 9.88. The van der Waals surface area contributed by atoms with E-state index in [0.29, 0.717) is 12.2 Å². The molecule has 1 aromatic rings. The number of hydrogen-bond acceptors (Lipinski definition) is 3. The number of nitriles is 1. The summed E-state index contributed by atoms with van der Waals surface area (Å²) in [6.07, 6.45) is 1.47. The SMILES string of the molecule is Cc1cc(NCC(C)(C)CCC#N)ccc1O. The van der Waals surface area contributed by atoms with Crippen molar-refractivity contribution in [3.8, 4) is 11.8 Å². The zero-order chi connectivity index (χ0) is 12.9. The van der Waals surface area contributed by atoms with E-state index in [1.807, 2.05) is 19.1 Å². The van der Waals surface area contributed by atoms with Crippen molar-refractivity contribution in [1.29, 1.82) is 5.26 Å². The Morgan fingerprint density at radius 1 is 1.41 bits per heavy atom. The number of hydrogen-bond donors (Lipinski definition) is 2. The molecule has 0 bridgehead atoms. The van der Waals surface area contributed by atoms with Crippen molar-refractivity contribution in [3.05, 3.63) is 23.8 Å². The Morgan fingerprint density at radius 3 is 2.71 bits per heavy atom. The number of phenolic OH excluding ortho intramolecular Hbond substituents is 1. The minimum Gasteiger partial charge on any atom is -0.508 e. The van der Waals surface area contributed by atoms with Crippen LogP contribution in [0, 0.1) is 23.7 Å². The first-order chi connectivity index (χ1) is 7.94. The third kappa shape index (κ3) is 4.36. The maximum atomic E-state index is 9.42. The fourth-order valence-corrected chi connectivity index (χ4v) is 1.59. The zero-order valence-electron chi connectivity index (χ0n) is 10.7. The Morgan fingerprint density at radius 2 is 2.12 bits per heavy atom. The van der Waals surface area contributed by atoms with Gasteiger partial charge in [0.05, 0.1) is 6.07 Å². The highest BCUT2D eigenvalue weighted by atomic mass is 16.3. The molecule has 92 valence electrons. The van der Waals surface area contributed by atoms with E-state index in [9.17, 15) is 5.11 Å². The van der Waals surface area contributed by atoms with Gasteiger partial charge in [-0.15, -0.1) is 0 Å². The van der Waals surface area contributed by atoms with Gasteiger partial charge in [-0.25, -0.2) is 0 Å².